The highest BCUT2D eigenvalue weighted by Crippen LogP contribution is 2.44. The number of thiazole rings is 1. The molecule has 612 valence electrons. The first-order chi connectivity index (χ1) is 53.9. The minimum absolute atomic E-state index is 0.00273. The number of aliphatic hydroxyl groups is 1. The molecule has 113 heavy (non-hydrogen) atoms. The Labute approximate surface area is 683 Å². The van der Waals surface area contributed by atoms with Crippen molar-refractivity contribution >= 4 is 95.0 Å². The van der Waals surface area contributed by atoms with Crippen molar-refractivity contribution in [3.05, 3.63) is 165 Å². The number of rotatable bonds is 35. The minimum Gasteiger partial charge on any atom is -0.391 e. The van der Waals surface area contributed by atoms with Crippen molar-refractivity contribution in [2.45, 2.75) is 158 Å². The molecule has 5 heterocycles. The van der Waals surface area contributed by atoms with E-state index in [4.69, 9.17) is 16.3 Å². The third kappa shape index (κ3) is 24.6. The summed E-state index contributed by atoms with van der Waals surface area (Å²) < 4.78 is 60.4. The molecule has 1 unspecified atom stereocenters. The van der Waals surface area contributed by atoms with Crippen LogP contribution in [-0.4, -0.2) is 247 Å². The molecule has 4 aliphatic heterocycles. The van der Waals surface area contributed by atoms with Gasteiger partial charge >= 0.3 is 0 Å². The Bertz CT molecular complexity index is 4470. The lowest BCUT2D eigenvalue weighted by Gasteiger charge is -2.42. The Balaban J connectivity index is 0.590. The number of anilines is 1. The molecular formula is C87H117ClN10O11S4. The number of β-amino-alcohol motifs (C(OH)–C–C–N with tert-alkyl or cyclic N) is 1. The number of Topliss-reactive ketones (excluding diaryl/α,β-unsaturated/α-hetero) is 1. The number of hydrogen-bond donors (Lipinski definition) is 3. The molecule has 4 saturated heterocycles. The number of amides is 4. The van der Waals surface area contributed by atoms with Crippen molar-refractivity contribution in [2.24, 2.45) is 16.7 Å². The lowest BCUT2D eigenvalue weighted by atomic mass is 9.71. The summed E-state index contributed by atoms with van der Waals surface area (Å²) in [5, 5.41) is 17.5. The quantitative estimate of drug-likeness (QED) is 0.0190. The first-order valence-corrected chi connectivity index (χ1v) is 46.1. The number of sulfone groups is 2. The molecule has 21 nitrogen and oxygen atoms in total. The third-order valence-corrected chi connectivity index (χ3v) is 28.4. The summed E-state index contributed by atoms with van der Waals surface area (Å²) >= 11 is 9.73. The lowest BCUT2D eigenvalue weighted by molar-refractivity contribution is -0.144. The normalized spacial score (nSPS) is 20.0. The number of benzene rings is 5. The van der Waals surface area contributed by atoms with Crippen LogP contribution in [0.5, 0.6) is 0 Å². The molecule has 0 radical (unpaired) electrons. The topological polar surface area (TPSA) is 243 Å². The van der Waals surface area contributed by atoms with Gasteiger partial charge in [0, 0.05) is 151 Å². The SMILES string of the molecule is Cc1ncsc1-c1ccc([C@H](C)NC(=O)[C@@H]2C[C@@H](O)CN2C(=O)[C@@H](NC(=O)CCCCCCC(=O)N2CCN(CCN(C)CC3(C)CCC(c4ccc(Cl)cc4)=C(CN4CCN(c5ccc(C(=O)CS(=O)(=O)c6ccc(C[C@H](CCN7CCOCC7)CSc7ccccc7)c(S(C)(=O)=O)c6)cc5)CC4)C3)CC2)C(C)(C)C)cc1. The lowest BCUT2D eigenvalue weighted by Crippen LogP contribution is -2.57. The second-order valence-corrected chi connectivity index (χ2v) is 39.7. The second-order valence-electron chi connectivity index (χ2n) is 33.3. The maximum absolute atomic E-state index is 14.3. The zero-order chi connectivity index (χ0) is 80.6. The van der Waals surface area contributed by atoms with E-state index in [0.717, 1.165) is 174 Å². The highest BCUT2D eigenvalue weighted by Gasteiger charge is 2.45. The van der Waals surface area contributed by atoms with Crippen LogP contribution < -0.4 is 15.5 Å². The number of allylic oxidation sites excluding steroid dienone is 1. The molecule has 5 aliphatic rings. The number of unbranched alkanes of at least 4 members (excludes halogenated alkanes) is 3. The van der Waals surface area contributed by atoms with E-state index >= 15 is 0 Å². The monoisotopic (exact) mass is 1640 g/mol. The molecule has 0 bridgehead atoms. The number of carbonyl (C=O) groups is 5. The average Bonchev–Trinajstić information content (AvgIpc) is 1.77. The van der Waals surface area contributed by atoms with Crippen molar-refractivity contribution in [3.8, 4) is 10.4 Å². The van der Waals surface area contributed by atoms with Crippen LogP contribution in [0.2, 0.25) is 5.02 Å². The largest absolute Gasteiger partial charge is 0.391 e. The Morgan fingerprint density at radius 2 is 1.45 bits per heavy atom. The molecule has 0 spiro atoms. The van der Waals surface area contributed by atoms with Crippen molar-refractivity contribution in [2.75, 3.05) is 148 Å². The summed E-state index contributed by atoms with van der Waals surface area (Å²) in [7, 11) is -5.83. The van der Waals surface area contributed by atoms with Crippen molar-refractivity contribution in [3.63, 3.8) is 0 Å². The van der Waals surface area contributed by atoms with Crippen LogP contribution in [0.3, 0.4) is 0 Å². The first kappa shape index (κ1) is 87.0. The number of nitrogens with zero attached hydrogens (tertiary/aromatic N) is 8. The van der Waals surface area contributed by atoms with Gasteiger partial charge in [0.05, 0.1) is 51.2 Å². The van der Waals surface area contributed by atoms with Gasteiger partial charge in [0.2, 0.25) is 23.6 Å². The summed E-state index contributed by atoms with van der Waals surface area (Å²) in [4.78, 5) is 90.8. The average molecular weight is 1640 g/mol. The summed E-state index contributed by atoms with van der Waals surface area (Å²) in [6.07, 6.45) is 8.21. The predicted octanol–water partition coefficient (Wildman–Crippen LogP) is 12.1. The minimum atomic E-state index is -4.22. The zero-order valence-corrected chi connectivity index (χ0v) is 71.3. The smallest absolute Gasteiger partial charge is 0.246 e. The number of ketones is 1. The number of likely N-dealkylation sites (N-methyl/N-ethyl adjacent to an activating group) is 1. The van der Waals surface area contributed by atoms with E-state index in [9.17, 15) is 45.9 Å². The molecule has 1 aromatic heterocycles. The molecule has 5 aromatic carbocycles. The van der Waals surface area contributed by atoms with Crippen LogP contribution in [0.15, 0.2) is 147 Å². The van der Waals surface area contributed by atoms with Crippen LogP contribution in [-0.2, 0) is 50.0 Å². The fourth-order valence-corrected chi connectivity index (χ4v) is 20.8. The Hall–Kier alpha value is -6.88. The summed E-state index contributed by atoms with van der Waals surface area (Å²) in [6, 6.07) is 35.7. The van der Waals surface area contributed by atoms with Gasteiger partial charge in [-0.1, -0.05) is 118 Å². The molecule has 4 amide bonds. The number of likely N-dealkylation sites (tertiary alicyclic amines) is 1. The summed E-state index contributed by atoms with van der Waals surface area (Å²) in [5.41, 5.74) is 9.97. The highest BCUT2D eigenvalue weighted by molar-refractivity contribution is 7.99. The maximum Gasteiger partial charge on any atom is 0.246 e. The molecular weight excluding hydrogens is 1520 g/mol. The van der Waals surface area contributed by atoms with Gasteiger partial charge in [0.25, 0.3) is 0 Å². The Morgan fingerprint density at radius 1 is 0.788 bits per heavy atom. The maximum atomic E-state index is 14.3. The van der Waals surface area contributed by atoms with Gasteiger partial charge < -0.3 is 40.1 Å². The van der Waals surface area contributed by atoms with Crippen molar-refractivity contribution in [1.29, 1.82) is 0 Å². The van der Waals surface area contributed by atoms with E-state index in [1.807, 2.05) is 112 Å². The van der Waals surface area contributed by atoms with E-state index < -0.39 is 60.7 Å². The second kappa shape index (κ2) is 39.8. The molecule has 26 heteroatoms. The van der Waals surface area contributed by atoms with Gasteiger partial charge in [0.15, 0.2) is 25.5 Å². The van der Waals surface area contributed by atoms with Gasteiger partial charge in [-0.05, 0) is 178 Å². The number of aryl methyl sites for hydroxylation is 1. The number of piperazine rings is 2. The number of aliphatic hydroxyl groups excluding tert-OH is 1. The standard InChI is InChI=1S/C87H117ClN10O11S4/c1-62(65-20-22-68(23-21-65)82-63(2)89-61-111-82)90-84(103)77-53-73(99)57-98(77)85(104)83(86(3,4)5)91-80(101)18-14-9-10-15-19-81(102)97-46-40-94(41-47-97)39-38-92(7)60-87(6)36-34-76(66-24-29-71(88)30-25-66)70(55-87)56-95-42-44-96(45-43-95)72-31-26-67(27-32-72)78(100)59-113(107,108)75-33-28-69(79(54-75)112(8,105)106)52-64(35-37-93-48-50-109-51-49-93)58-110-74-16-12-11-13-17-74/h11-13,16-17,20-33,54,61-62,64,73,77,83,99H,9-10,14-15,18-19,34-53,55-60H2,1-8H3,(H,90,103)(H,91,101)/t62-,64-,73+,77-,83+,87?/m0/s1. The molecule has 0 saturated carbocycles. The third-order valence-electron chi connectivity index (χ3n) is 23.2. The molecule has 3 N–H and O–H groups in total. The van der Waals surface area contributed by atoms with Crippen LogP contribution in [0.1, 0.15) is 144 Å². The fourth-order valence-electron chi connectivity index (χ4n) is 16.5. The van der Waals surface area contributed by atoms with Gasteiger partial charge in [-0.2, -0.15) is 0 Å². The highest BCUT2D eigenvalue weighted by atomic mass is 35.5. The number of aromatic nitrogens is 1. The van der Waals surface area contributed by atoms with E-state index in [1.54, 1.807) is 41.3 Å². The van der Waals surface area contributed by atoms with Crippen molar-refractivity contribution < 1.29 is 50.7 Å². The van der Waals surface area contributed by atoms with Gasteiger partial charge in [-0.25, -0.2) is 21.8 Å². The first-order valence-electron chi connectivity index (χ1n) is 40.3. The fraction of sp³-hybridized carbons (Fsp3) is 0.540. The molecule has 6 atom stereocenters. The number of halogens is 1. The molecule has 6 aromatic rings. The molecule has 4 fully saturated rings. The van der Waals surface area contributed by atoms with E-state index in [-0.39, 0.29) is 69.8 Å². The van der Waals surface area contributed by atoms with E-state index in [2.05, 4.69) is 78.4 Å². The summed E-state index contributed by atoms with van der Waals surface area (Å²) in [6.45, 7) is 25.7. The number of ether oxygens (including phenoxy) is 1. The van der Waals surface area contributed by atoms with E-state index in [0.29, 0.717) is 56.2 Å². The Morgan fingerprint density at radius 3 is 2.12 bits per heavy atom. The van der Waals surface area contributed by atoms with Gasteiger partial charge in [-0.3, -0.25) is 38.7 Å². The number of thioether (sulfide) groups is 1. The zero-order valence-electron chi connectivity index (χ0n) is 67.3. The van der Waals surface area contributed by atoms with Crippen LogP contribution in [0.25, 0.3) is 16.0 Å². The van der Waals surface area contributed by atoms with Gasteiger partial charge in [0.1, 0.15) is 17.8 Å². The number of nitrogens with one attached hydrogen (secondary N) is 2. The number of morpholine rings is 1. The van der Waals surface area contributed by atoms with E-state index in [1.165, 1.54) is 33.7 Å². The van der Waals surface area contributed by atoms with Gasteiger partial charge in [-0.15, -0.1) is 23.1 Å². The molecule has 1 aliphatic carbocycles. The summed E-state index contributed by atoms with van der Waals surface area (Å²) in [5.74, 6) is -1.32. The van der Waals surface area contributed by atoms with Crippen LogP contribution >= 0.6 is 34.7 Å². The predicted molar refractivity (Wildman–Crippen MR) is 452 cm³/mol. The van der Waals surface area contributed by atoms with Crippen LogP contribution in [0.4, 0.5) is 5.69 Å². The number of carbonyl (C=O) groups excluding carboxylic acids is 5. The van der Waals surface area contributed by atoms with Crippen LogP contribution in [0, 0.1) is 23.7 Å². The Kier molecular flexibility index (Phi) is 30.7. The van der Waals surface area contributed by atoms with Crippen molar-refractivity contribution in [1.82, 2.24) is 45.0 Å². The molecule has 11 rings (SSSR count). The number of hydrogen-bond acceptors (Lipinski definition) is 19.